The summed E-state index contributed by atoms with van der Waals surface area (Å²) in [6.45, 7) is 8.94. The van der Waals surface area contributed by atoms with Crippen LogP contribution in [0.4, 0.5) is 13.2 Å². The van der Waals surface area contributed by atoms with Gasteiger partial charge in [-0.15, -0.1) is 0 Å². The zero-order chi connectivity index (χ0) is 20.9. The number of fused-ring (bicyclic) bond motifs is 1. The molecule has 0 saturated carbocycles. The Morgan fingerprint density at radius 3 is 2.57 bits per heavy atom. The number of carboxylic acids is 1. The summed E-state index contributed by atoms with van der Waals surface area (Å²) in [5.41, 5.74) is 0.961. The van der Waals surface area contributed by atoms with Crippen LogP contribution >= 0.6 is 0 Å². The summed E-state index contributed by atoms with van der Waals surface area (Å²) in [5.74, 6) is -0.999. The first kappa shape index (κ1) is 22.2. The summed E-state index contributed by atoms with van der Waals surface area (Å²) < 4.78 is 37.5. The molecule has 1 fully saturated rings. The van der Waals surface area contributed by atoms with Crippen LogP contribution in [0.5, 0.6) is 0 Å². The molecule has 0 bridgehead atoms. The van der Waals surface area contributed by atoms with Crippen LogP contribution in [0.1, 0.15) is 55.2 Å². The first-order valence-electron chi connectivity index (χ1n) is 9.42. The van der Waals surface area contributed by atoms with E-state index in [0.717, 1.165) is 63.4 Å². The molecule has 1 amide bonds. The maximum atomic E-state index is 12.5. The molecule has 2 aliphatic rings. The van der Waals surface area contributed by atoms with Gasteiger partial charge >= 0.3 is 18.1 Å². The standard InChI is InChI=1S/C16H25N3O2.C2HF3O2/c1-3-7-18-9-6-14-13(11-18)17-15(21-14)16(20)19-8-4-5-12(2)10-19;3-2(4,5)1(6)7/h12H,3-11H2,1-2H3;(H,6,7). The van der Waals surface area contributed by atoms with E-state index in [1.165, 1.54) is 6.42 Å². The molecule has 28 heavy (non-hydrogen) atoms. The Bertz CT molecular complexity index is 690. The number of amides is 1. The normalized spacial score (nSPS) is 20.2. The number of rotatable bonds is 3. The molecular formula is C18H26F3N3O4. The van der Waals surface area contributed by atoms with Crippen molar-refractivity contribution in [1.82, 2.24) is 14.8 Å². The van der Waals surface area contributed by atoms with Gasteiger partial charge in [-0.25, -0.2) is 9.78 Å². The number of aromatic nitrogens is 1. The van der Waals surface area contributed by atoms with Crippen LogP contribution in [0, 0.1) is 5.92 Å². The van der Waals surface area contributed by atoms with Crippen LogP contribution in [0.25, 0.3) is 0 Å². The summed E-state index contributed by atoms with van der Waals surface area (Å²) in [6.07, 6.45) is -0.786. The van der Waals surface area contributed by atoms with Gasteiger partial charge in [-0.2, -0.15) is 13.2 Å². The number of alkyl halides is 3. The molecule has 0 radical (unpaired) electrons. The summed E-state index contributed by atoms with van der Waals surface area (Å²) in [7, 11) is 0. The number of oxazole rings is 1. The summed E-state index contributed by atoms with van der Waals surface area (Å²) in [5, 5.41) is 7.12. The van der Waals surface area contributed by atoms with Crippen LogP contribution in [-0.4, -0.2) is 64.1 Å². The third-order valence-electron chi connectivity index (χ3n) is 4.72. The number of nitrogens with zero attached hydrogens (tertiary/aromatic N) is 3. The molecular weight excluding hydrogens is 379 g/mol. The molecule has 7 nitrogen and oxygen atoms in total. The maximum absolute atomic E-state index is 12.5. The summed E-state index contributed by atoms with van der Waals surface area (Å²) in [4.78, 5) is 30.2. The van der Waals surface area contributed by atoms with E-state index in [2.05, 4.69) is 23.7 Å². The summed E-state index contributed by atoms with van der Waals surface area (Å²) >= 11 is 0. The molecule has 10 heteroatoms. The van der Waals surface area contributed by atoms with Gasteiger partial charge in [0.25, 0.3) is 5.89 Å². The van der Waals surface area contributed by atoms with Gasteiger partial charge in [0.1, 0.15) is 5.76 Å². The number of halogens is 3. The average Bonchev–Trinajstić information content (AvgIpc) is 3.04. The Morgan fingerprint density at radius 1 is 1.32 bits per heavy atom. The number of carboxylic acid groups (broad SMARTS) is 1. The van der Waals surface area contributed by atoms with E-state index >= 15 is 0 Å². The smallest absolute Gasteiger partial charge is 0.475 e. The van der Waals surface area contributed by atoms with Gasteiger partial charge in [0.15, 0.2) is 0 Å². The van der Waals surface area contributed by atoms with Crippen LogP contribution in [-0.2, 0) is 17.8 Å². The molecule has 0 aliphatic carbocycles. The Balaban J connectivity index is 0.000000345. The van der Waals surface area contributed by atoms with Crippen LogP contribution in [0.2, 0.25) is 0 Å². The topological polar surface area (TPSA) is 86.9 Å². The minimum absolute atomic E-state index is 0.0296. The molecule has 1 unspecified atom stereocenters. The molecule has 158 valence electrons. The predicted octanol–water partition coefficient (Wildman–Crippen LogP) is 2.95. The number of piperidine rings is 1. The molecule has 1 atom stereocenters. The van der Waals surface area contributed by atoms with Crippen molar-refractivity contribution < 1.29 is 32.3 Å². The number of carbonyl (C=O) groups excluding carboxylic acids is 1. The van der Waals surface area contributed by atoms with Crippen molar-refractivity contribution in [3.63, 3.8) is 0 Å². The quantitative estimate of drug-likeness (QED) is 0.832. The van der Waals surface area contributed by atoms with Gasteiger partial charge in [-0.05, 0) is 31.7 Å². The monoisotopic (exact) mass is 405 g/mol. The lowest BCUT2D eigenvalue weighted by Gasteiger charge is -2.29. The fraction of sp³-hybridized carbons (Fsp3) is 0.722. The second-order valence-corrected chi connectivity index (χ2v) is 7.22. The third kappa shape index (κ3) is 5.95. The molecule has 1 aromatic rings. The van der Waals surface area contributed by atoms with Crippen molar-refractivity contribution in [3.8, 4) is 0 Å². The molecule has 1 N–H and O–H groups in total. The minimum Gasteiger partial charge on any atom is -0.475 e. The first-order valence-corrected chi connectivity index (χ1v) is 9.42. The van der Waals surface area contributed by atoms with E-state index in [-0.39, 0.29) is 5.91 Å². The number of hydrogen-bond acceptors (Lipinski definition) is 5. The van der Waals surface area contributed by atoms with Gasteiger partial charge in [-0.1, -0.05) is 13.8 Å². The van der Waals surface area contributed by atoms with E-state index in [9.17, 15) is 18.0 Å². The maximum Gasteiger partial charge on any atom is 0.490 e. The van der Waals surface area contributed by atoms with Gasteiger partial charge in [0, 0.05) is 32.6 Å². The lowest BCUT2D eigenvalue weighted by Crippen LogP contribution is -2.39. The Kier molecular flexibility index (Phi) is 7.45. The summed E-state index contributed by atoms with van der Waals surface area (Å²) in [6, 6.07) is 0. The zero-order valence-electron chi connectivity index (χ0n) is 16.1. The highest BCUT2D eigenvalue weighted by atomic mass is 19.4. The molecule has 0 spiro atoms. The van der Waals surface area contributed by atoms with Crippen molar-refractivity contribution in [2.45, 2.75) is 52.3 Å². The predicted molar refractivity (Wildman–Crippen MR) is 93.8 cm³/mol. The van der Waals surface area contributed by atoms with Crippen molar-refractivity contribution in [2.75, 3.05) is 26.2 Å². The molecule has 1 saturated heterocycles. The zero-order valence-corrected chi connectivity index (χ0v) is 16.1. The van der Waals surface area contributed by atoms with Crippen molar-refractivity contribution in [1.29, 1.82) is 0 Å². The highest BCUT2D eigenvalue weighted by molar-refractivity contribution is 5.89. The van der Waals surface area contributed by atoms with E-state index in [4.69, 9.17) is 14.3 Å². The SMILES string of the molecule is CCCN1CCc2oc(C(=O)N3CCCC(C)C3)nc2C1.O=C(O)C(F)(F)F. The van der Waals surface area contributed by atoms with E-state index < -0.39 is 12.1 Å². The first-order chi connectivity index (χ1) is 13.1. The second-order valence-electron chi connectivity index (χ2n) is 7.22. The Hall–Kier alpha value is -2.10. The highest BCUT2D eigenvalue weighted by Crippen LogP contribution is 2.23. The minimum atomic E-state index is -5.08. The van der Waals surface area contributed by atoms with Gasteiger partial charge < -0.3 is 14.4 Å². The average molecular weight is 405 g/mol. The van der Waals surface area contributed by atoms with Gasteiger partial charge in [0.05, 0.1) is 5.69 Å². The van der Waals surface area contributed by atoms with E-state index in [0.29, 0.717) is 11.8 Å². The number of likely N-dealkylation sites (tertiary alicyclic amines) is 1. The second kappa shape index (κ2) is 9.40. The number of aliphatic carboxylic acids is 1. The van der Waals surface area contributed by atoms with Crippen LogP contribution in [0.3, 0.4) is 0 Å². The fourth-order valence-electron chi connectivity index (χ4n) is 3.36. The molecule has 3 rings (SSSR count). The van der Waals surface area contributed by atoms with E-state index in [1.807, 2.05) is 4.90 Å². The van der Waals surface area contributed by atoms with Crippen LogP contribution < -0.4 is 0 Å². The molecule has 1 aromatic heterocycles. The number of carbonyl (C=O) groups is 2. The van der Waals surface area contributed by atoms with Crippen molar-refractivity contribution >= 4 is 11.9 Å². The third-order valence-corrected chi connectivity index (χ3v) is 4.72. The Labute approximate surface area is 161 Å². The lowest BCUT2D eigenvalue weighted by molar-refractivity contribution is -0.192. The molecule has 2 aliphatic heterocycles. The van der Waals surface area contributed by atoms with Gasteiger partial charge in [0.2, 0.25) is 0 Å². The molecule has 0 aromatic carbocycles. The van der Waals surface area contributed by atoms with E-state index in [1.54, 1.807) is 0 Å². The Morgan fingerprint density at radius 2 is 2.00 bits per heavy atom. The largest absolute Gasteiger partial charge is 0.490 e. The van der Waals surface area contributed by atoms with Crippen LogP contribution in [0.15, 0.2) is 4.42 Å². The van der Waals surface area contributed by atoms with Crippen molar-refractivity contribution in [3.05, 3.63) is 17.3 Å². The lowest BCUT2D eigenvalue weighted by atomic mass is 10.0. The molecule has 3 heterocycles. The van der Waals surface area contributed by atoms with Gasteiger partial charge in [-0.3, -0.25) is 9.69 Å². The number of hydrogen-bond donors (Lipinski definition) is 1. The van der Waals surface area contributed by atoms with Crippen molar-refractivity contribution in [2.24, 2.45) is 5.92 Å². The highest BCUT2D eigenvalue weighted by Gasteiger charge is 2.38. The fourth-order valence-corrected chi connectivity index (χ4v) is 3.36.